The lowest BCUT2D eigenvalue weighted by atomic mass is 9.87. The Morgan fingerprint density at radius 3 is 2.47 bits per heavy atom. The maximum Gasteiger partial charge on any atom is 0.251 e. The van der Waals surface area contributed by atoms with E-state index in [2.05, 4.69) is 43.4 Å². The summed E-state index contributed by atoms with van der Waals surface area (Å²) in [6.07, 6.45) is 2.36. The fraction of sp³-hybridized carbons (Fsp3) is 0.517. The Bertz CT molecular complexity index is 979. The van der Waals surface area contributed by atoms with Gasteiger partial charge in [0, 0.05) is 50.9 Å². The van der Waals surface area contributed by atoms with Crippen LogP contribution in [-0.2, 0) is 21.5 Å². The molecule has 2 aromatic rings. The molecule has 0 aromatic heterocycles. The van der Waals surface area contributed by atoms with Crippen molar-refractivity contribution < 1.29 is 19.1 Å². The molecule has 0 saturated carbocycles. The number of benzene rings is 2. The molecular weight excluding hydrogens is 454 g/mol. The van der Waals surface area contributed by atoms with Gasteiger partial charge in [0.15, 0.2) is 0 Å². The summed E-state index contributed by atoms with van der Waals surface area (Å²) in [6.45, 7) is 10.3. The standard InChI is InChI=1S/C29H41N3O4/c1-29(2,3)24-10-8-23(9-11-24)28(34)30-15-12-27(33)31-21-22-6-5-7-26(20-22)36-19-16-32(4)25-13-17-35-18-14-25/h5-11,20,25H,12-19,21H2,1-4H3,(H,30,34)(H,31,33). The fourth-order valence-corrected chi connectivity index (χ4v) is 4.16. The van der Waals surface area contributed by atoms with Crippen LogP contribution in [0.1, 0.15) is 61.5 Å². The van der Waals surface area contributed by atoms with Crippen molar-refractivity contribution >= 4 is 11.8 Å². The lowest BCUT2D eigenvalue weighted by Gasteiger charge is -2.31. The van der Waals surface area contributed by atoms with Crippen molar-refractivity contribution in [3.63, 3.8) is 0 Å². The highest BCUT2D eigenvalue weighted by Gasteiger charge is 2.18. The van der Waals surface area contributed by atoms with Gasteiger partial charge in [-0.25, -0.2) is 0 Å². The van der Waals surface area contributed by atoms with E-state index in [1.54, 1.807) is 0 Å². The van der Waals surface area contributed by atoms with Gasteiger partial charge < -0.3 is 20.1 Å². The first-order chi connectivity index (χ1) is 17.2. The predicted octanol–water partition coefficient (Wildman–Crippen LogP) is 3.91. The largest absolute Gasteiger partial charge is 0.492 e. The van der Waals surface area contributed by atoms with E-state index in [0.717, 1.165) is 43.9 Å². The Balaban J connectivity index is 1.34. The second-order valence-electron chi connectivity index (χ2n) is 10.4. The summed E-state index contributed by atoms with van der Waals surface area (Å²) in [5, 5.41) is 5.74. The quantitative estimate of drug-likeness (QED) is 0.494. The third-order valence-electron chi connectivity index (χ3n) is 6.57. The first kappa shape index (κ1) is 27.7. The first-order valence-electron chi connectivity index (χ1n) is 12.9. The molecule has 0 atom stereocenters. The van der Waals surface area contributed by atoms with Crippen molar-refractivity contribution in [2.45, 2.75) is 58.0 Å². The number of nitrogens with one attached hydrogen (secondary N) is 2. The molecule has 0 spiro atoms. The van der Waals surface area contributed by atoms with Gasteiger partial charge in [0.1, 0.15) is 12.4 Å². The molecule has 0 bridgehead atoms. The molecule has 1 aliphatic rings. The van der Waals surface area contributed by atoms with Crippen LogP contribution in [0.2, 0.25) is 0 Å². The summed E-state index contributed by atoms with van der Waals surface area (Å²) in [7, 11) is 2.14. The first-order valence-corrected chi connectivity index (χ1v) is 12.9. The summed E-state index contributed by atoms with van der Waals surface area (Å²) in [6, 6.07) is 16.0. The number of carbonyl (C=O) groups excluding carboxylic acids is 2. The van der Waals surface area contributed by atoms with Gasteiger partial charge in [0.05, 0.1) is 0 Å². The van der Waals surface area contributed by atoms with Gasteiger partial charge in [0.2, 0.25) is 5.91 Å². The highest BCUT2D eigenvalue weighted by atomic mass is 16.5. The minimum Gasteiger partial charge on any atom is -0.492 e. The van der Waals surface area contributed by atoms with Gasteiger partial charge in [-0.3, -0.25) is 14.5 Å². The van der Waals surface area contributed by atoms with Crippen LogP contribution in [-0.4, -0.2) is 62.7 Å². The summed E-state index contributed by atoms with van der Waals surface area (Å²) in [4.78, 5) is 27.0. The zero-order valence-electron chi connectivity index (χ0n) is 22.1. The number of hydrogen-bond donors (Lipinski definition) is 2. The smallest absolute Gasteiger partial charge is 0.251 e. The average Bonchev–Trinajstić information content (AvgIpc) is 2.87. The van der Waals surface area contributed by atoms with Crippen molar-refractivity contribution in [3.05, 3.63) is 65.2 Å². The van der Waals surface area contributed by atoms with Crippen molar-refractivity contribution in [3.8, 4) is 5.75 Å². The topological polar surface area (TPSA) is 79.9 Å². The number of rotatable bonds is 11. The number of carbonyl (C=O) groups is 2. The van der Waals surface area contributed by atoms with E-state index in [0.29, 0.717) is 24.8 Å². The van der Waals surface area contributed by atoms with Gasteiger partial charge in [-0.05, 0) is 60.7 Å². The fourth-order valence-electron chi connectivity index (χ4n) is 4.16. The molecule has 7 nitrogen and oxygen atoms in total. The summed E-state index contributed by atoms with van der Waals surface area (Å²) in [5.41, 5.74) is 2.79. The molecule has 36 heavy (non-hydrogen) atoms. The Morgan fingerprint density at radius 2 is 1.78 bits per heavy atom. The number of nitrogens with zero attached hydrogens (tertiary/aromatic N) is 1. The second-order valence-corrected chi connectivity index (χ2v) is 10.4. The summed E-state index contributed by atoms with van der Waals surface area (Å²) >= 11 is 0. The van der Waals surface area contributed by atoms with E-state index < -0.39 is 0 Å². The molecule has 1 aliphatic heterocycles. The van der Waals surface area contributed by atoms with Crippen molar-refractivity contribution in [2.24, 2.45) is 0 Å². The van der Waals surface area contributed by atoms with E-state index in [9.17, 15) is 9.59 Å². The molecule has 196 valence electrons. The molecule has 0 aliphatic carbocycles. The van der Waals surface area contributed by atoms with E-state index in [1.807, 2.05) is 48.5 Å². The Hall–Kier alpha value is -2.90. The molecule has 1 heterocycles. The number of hydrogen-bond acceptors (Lipinski definition) is 5. The summed E-state index contributed by atoms with van der Waals surface area (Å²) < 4.78 is 11.4. The lowest BCUT2D eigenvalue weighted by molar-refractivity contribution is -0.121. The highest BCUT2D eigenvalue weighted by molar-refractivity contribution is 5.94. The van der Waals surface area contributed by atoms with Crippen LogP contribution in [0.25, 0.3) is 0 Å². The van der Waals surface area contributed by atoms with Crippen LogP contribution >= 0.6 is 0 Å². The molecule has 3 rings (SSSR count). The van der Waals surface area contributed by atoms with Gasteiger partial charge in [-0.2, -0.15) is 0 Å². The SMILES string of the molecule is CN(CCOc1cccc(CNC(=O)CCNC(=O)c2ccc(C(C)(C)C)cc2)c1)C1CCOCC1. The third kappa shape index (κ3) is 8.95. The second kappa shape index (κ2) is 13.4. The molecule has 0 radical (unpaired) electrons. The molecular formula is C29H41N3O4. The van der Waals surface area contributed by atoms with Gasteiger partial charge >= 0.3 is 0 Å². The monoisotopic (exact) mass is 495 g/mol. The molecule has 2 aromatic carbocycles. The highest BCUT2D eigenvalue weighted by Crippen LogP contribution is 2.22. The normalized spacial score (nSPS) is 14.5. The van der Waals surface area contributed by atoms with Crippen LogP contribution in [0.15, 0.2) is 48.5 Å². The van der Waals surface area contributed by atoms with Crippen molar-refractivity contribution in [1.29, 1.82) is 0 Å². The number of likely N-dealkylation sites (N-methyl/N-ethyl adjacent to an activating group) is 1. The minimum atomic E-state index is -0.171. The molecule has 1 saturated heterocycles. The van der Waals surface area contributed by atoms with Crippen LogP contribution in [0.3, 0.4) is 0 Å². The molecule has 2 N–H and O–H groups in total. The van der Waals surface area contributed by atoms with E-state index >= 15 is 0 Å². The van der Waals surface area contributed by atoms with Gasteiger partial charge in [0.25, 0.3) is 5.91 Å². The molecule has 1 fully saturated rings. The maximum absolute atomic E-state index is 12.4. The average molecular weight is 496 g/mol. The Morgan fingerprint density at radius 1 is 1.06 bits per heavy atom. The third-order valence-corrected chi connectivity index (χ3v) is 6.57. The van der Waals surface area contributed by atoms with Crippen LogP contribution in [0.4, 0.5) is 0 Å². The zero-order chi connectivity index (χ0) is 26.0. The Labute approximate surface area is 215 Å². The van der Waals surface area contributed by atoms with E-state index in [1.165, 1.54) is 5.56 Å². The van der Waals surface area contributed by atoms with Crippen LogP contribution in [0, 0.1) is 0 Å². The summed E-state index contributed by atoms with van der Waals surface area (Å²) in [5.74, 6) is 0.519. The number of amides is 2. The Kier molecular flexibility index (Phi) is 10.3. The number of ether oxygens (including phenoxy) is 2. The molecule has 7 heteroatoms. The van der Waals surface area contributed by atoms with E-state index in [4.69, 9.17) is 9.47 Å². The van der Waals surface area contributed by atoms with Crippen molar-refractivity contribution in [1.82, 2.24) is 15.5 Å². The zero-order valence-corrected chi connectivity index (χ0v) is 22.1. The molecule has 0 unspecified atom stereocenters. The van der Waals surface area contributed by atoms with Gasteiger partial charge in [-0.15, -0.1) is 0 Å². The maximum atomic E-state index is 12.4. The van der Waals surface area contributed by atoms with Crippen LogP contribution in [0.5, 0.6) is 5.75 Å². The van der Waals surface area contributed by atoms with Gasteiger partial charge in [-0.1, -0.05) is 45.0 Å². The van der Waals surface area contributed by atoms with E-state index in [-0.39, 0.29) is 30.2 Å². The van der Waals surface area contributed by atoms with Crippen LogP contribution < -0.4 is 15.4 Å². The lowest BCUT2D eigenvalue weighted by Crippen LogP contribution is -2.38. The molecule has 2 amide bonds. The van der Waals surface area contributed by atoms with Crippen molar-refractivity contribution in [2.75, 3.05) is 40.0 Å². The minimum absolute atomic E-state index is 0.0418. The predicted molar refractivity (Wildman–Crippen MR) is 142 cm³/mol.